The molecule has 0 aliphatic carbocycles. The third-order valence-corrected chi connectivity index (χ3v) is 4.89. The second-order valence-electron chi connectivity index (χ2n) is 5.76. The Morgan fingerprint density at radius 1 is 0.800 bits per heavy atom. The molecule has 0 aliphatic rings. The highest BCUT2D eigenvalue weighted by molar-refractivity contribution is 8.13. The summed E-state index contributed by atoms with van der Waals surface area (Å²) >= 11 is 0. The Labute approximate surface area is 156 Å². The van der Waals surface area contributed by atoms with Crippen LogP contribution in [-0.2, 0) is 9.05 Å². The summed E-state index contributed by atoms with van der Waals surface area (Å²) in [7, 11) is 1.63. The van der Waals surface area contributed by atoms with Crippen LogP contribution in [0.4, 0.5) is 0 Å². The van der Waals surface area contributed by atoms with Crippen molar-refractivity contribution in [2.45, 2.75) is 64.2 Å². The molecule has 0 fully saturated rings. The van der Waals surface area contributed by atoms with E-state index >= 15 is 0 Å². The predicted octanol–water partition coefficient (Wildman–Crippen LogP) is 5.15. The summed E-state index contributed by atoms with van der Waals surface area (Å²) in [5.41, 5.74) is 0. The fraction of sp³-hybridized carbons (Fsp3) is 0.667. The van der Waals surface area contributed by atoms with Crippen molar-refractivity contribution in [3.63, 3.8) is 0 Å². The van der Waals surface area contributed by atoms with Crippen LogP contribution < -0.4 is 14.2 Å². The second kappa shape index (κ2) is 11.5. The lowest BCUT2D eigenvalue weighted by atomic mass is 10.2. The van der Waals surface area contributed by atoms with Crippen LogP contribution in [0.25, 0.3) is 0 Å². The minimum atomic E-state index is -3.95. The molecule has 0 saturated heterocycles. The summed E-state index contributed by atoms with van der Waals surface area (Å²) in [6, 6.07) is 3.00. The number of rotatable bonds is 13. The molecular formula is C18H29ClO5S. The first kappa shape index (κ1) is 21.9. The van der Waals surface area contributed by atoms with Crippen LogP contribution in [0.3, 0.4) is 0 Å². The molecule has 25 heavy (non-hydrogen) atoms. The Kier molecular flexibility index (Phi) is 10.0. The summed E-state index contributed by atoms with van der Waals surface area (Å²) in [5, 5.41) is 0. The minimum absolute atomic E-state index is 0.0837. The number of hydrogen-bond acceptors (Lipinski definition) is 5. The number of hydrogen-bond donors (Lipinski definition) is 0. The molecule has 0 saturated carbocycles. The van der Waals surface area contributed by atoms with E-state index in [9.17, 15) is 8.42 Å². The van der Waals surface area contributed by atoms with Gasteiger partial charge in [0, 0.05) is 10.7 Å². The van der Waals surface area contributed by atoms with Gasteiger partial charge >= 0.3 is 0 Å². The van der Waals surface area contributed by atoms with Crippen molar-refractivity contribution in [1.82, 2.24) is 0 Å². The van der Waals surface area contributed by atoms with Gasteiger partial charge in [0.15, 0.2) is 11.5 Å². The molecule has 1 aromatic carbocycles. The normalized spacial score (nSPS) is 11.4. The first-order valence-electron chi connectivity index (χ1n) is 8.95. The van der Waals surface area contributed by atoms with Gasteiger partial charge in [-0.15, -0.1) is 0 Å². The molecule has 0 aliphatic heterocycles. The molecule has 0 amide bonds. The van der Waals surface area contributed by atoms with E-state index in [0.29, 0.717) is 31.3 Å². The van der Waals surface area contributed by atoms with Gasteiger partial charge in [0.25, 0.3) is 9.05 Å². The Balaban J connectivity index is 3.25. The molecule has 0 atom stereocenters. The summed E-state index contributed by atoms with van der Waals surface area (Å²) in [6.07, 6.45) is 5.45. The lowest BCUT2D eigenvalue weighted by Crippen LogP contribution is -2.08. The van der Waals surface area contributed by atoms with Gasteiger partial charge in [-0.1, -0.05) is 40.0 Å². The van der Waals surface area contributed by atoms with Crippen LogP contribution in [0.5, 0.6) is 17.2 Å². The first-order valence-corrected chi connectivity index (χ1v) is 11.3. The highest BCUT2D eigenvalue weighted by atomic mass is 35.7. The molecule has 0 bridgehead atoms. The molecule has 144 valence electrons. The van der Waals surface area contributed by atoms with E-state index in [1.807, 2.05) is 6.92 Å². The van der Waals surface area contributed by atoms with E-state index in [1.54, 1.807) is 6.07 Å². The Hall–Kier alpha value is -1.14. The maximum absolute atomic E-state index is 11.9. The van der Waals surface area contributed by atoms with Crippen molar-refractivity contribution in [1.29, 1.82) is 0 Å². The lowest BCUT2D eigenvalue weighted by molar-refractivity contribution is 0.233. The van der Waals surface area contributed by atoms with E-state index in [0.717, 1.165) is 38.5 Å². The van der Waals surface area contributed by atoms with Crippen molar-refractivity contribution in [2.24, 2.45) is 0 Å². The van der Waals surface area contributed by atoms with Gasteiger partial charge in [-0.05, 0) is 31.4 Å². The fourth-order valence-electron chi connectivity index (χ4n) is 2.07. The van der Waals surface area contributed by atoms with Gasteiger partial charge in [0.1, 0.15) is 4.90 Å². The average molecular weight is 393 g/mol. The topological polar surface area (TPSA) is 61.8 Å². The number of benzene rings is 1. The zero-order valence-corrected chi connectivity index (χ0v) is 16.9. The molecule has 0 N–H and O–H groups in total. The second-order valence-corrected chi connectivity index (χ2v) is 8.30. The van der Waals surface area contributed by atoms with E-state index in [2.05, 4.69) is 13.8 Å². The van der Waals surface area contributed by atoms with Gasteiger partial charge in [0.05, 0.1) is 19.8 Å². The van der Waals surface area contributed by atoms with Gasteiger partial charge in [-0.25, -0.2) is 8.42 Å². The van der Waals surface area contributed by atoms with Crippen LogP contribution in [0, 0.1) is 0 Å². The van der Waals surface area contributed by atoms with Gasteiger partial charge < -0.3 is 14.2 Å². The van der Waals surface area contributed by atoms with Crippen molar-refractivity contribution >= 4 is 19.7 Å². The molecule has 0 heterocycles. The maximum Gasteiger partial charge on any atom is 0.265 e. The molecule has 7 heteroatoms. The van der Waals surface area contributed by atoms with E-state index in [4.69, 9.17) is 24.9 Å². The first-order chi connectivity index (χ1) is 12.0. The molecule has 0 radical (unpaired) electrons. The van der Waals surface area contributed by atoms with Crippen molar-refractivity contribution in [3.8, 4) is 17.2 Å². The largest absolute Gasteiger partial charge is 0.490 e. The zero-order valence-electron chi connectivity index (χ0n) is 15.3. The van der Waals surface area contributed by atoms with Crippen LogP contribution in [0.2, 0.25) is 0 Å². The molecular weight excluding hydrogens is 364 g/mol. The van der Waals surface area contributed by atoms with Crippen LogP contribution >= 0.6 is 10.7 Å². The standard InChI is InChI=1S/C18H29ClO5S/c1-4-7-12-22-15-10-11-16(25(19,20)21)18(24-14-9-6-3)17(15)23-13-8-5-2/h10-11H,4-9,12-14H2,1-3H3. The quantitative estimate of drug-likeness (QED) is 0.343. The van der Waals surface area contributed by atoms with Gasteiger partial charge in [-0.3, -0.25) is 0 Å². The number of halogens is 1. The Bertz CT molecular complexity index is 616. The molecule has 0 aromatic heterocycles. The molecule has 1 aromatic rings. The summed E-state index contributed by atoms with van der Waals surface area (Å²) in [5.74, 6) is 0.955. The monoisotopic (exact) mass is 392 g/mol. The summed E-state index contributed by atoms with van der Waals surface area (Å²) in [6.45, 7) is 7.54. The number of ether oxygens (including phenoxy) is 3. The SMILES string of the molecule is CCCCOc1ccc(S(=O)(=O)Cl)c(OCCCC)c1OCCCC. The fourth-order valence-corrected chi connectivity index (χ4v) is 3.04. The van der Waals surface area contributed by atoms with Crippen LogP contribution in [-0.4, -0.2) is 28.2 Å². The van der Waals surface area contributed by atoms with E-state index in [1.165, 1.54) is 6.07 Å². The van der Waals surface area contributed by atoms with Crippen molar-refractivity contribution in [2.75, 3.05) is 19.8 Å². The third-order valence-electron chi connectivity index (χ3n) is 3.55. The van der Waals surface area contributed by atoms with Crippen LogP contribution in [0.15, 0.2) is 17.0 Å². The average Bonchev–Trinajstić information content (AvgIpc) is 2.56. The zero-order chi connectivity index (χ0) is 18.7. The third kappa shape index (κ3) is 7.32. The molecule has 1 rings (SSSR count). The smallest absolute Gasteiger partial charge is 0.265 e. The lowest BCUT2D eigenvalue weighted by Gasteiger charge is -2.19. The van der Waals surface area contributed by atoms with Crippen molar-refractivity contribution in [3.05, 3.63) is 12.1 Å². The molecule has 5 nitrogen and oxygen atoms in total. The molecule has 0 spiro atoms. The summed E-state index contributed by atoms with van der Waals surface area (Å²) < 4.78 is 41.2. The van der Waals surface area contributed by atoms with Gasteiger partial charge in [-0.2, -0.15) is 0 Å². The summed E-state index contributed by atoms with van der Waals surface area (Å²) in [4.78, 5) is -0.0837. The molecule has 0 unspecified atom stereocenters. The highest BCUT2D eigenvalue weighted by Crippen LogP contribution is 2.43. The highest BCUT2D eigenvalue weighted by Gasteiger charge is 2.25. The Morgan fingerprint density at radius 3 is 1.76 bits per heavy atom. The minimum Gasteiger partial charge on any atom is -0.490 e. The maximum atomic E-state index is 11.9. The number of unbranched alkanes of at least 4 members (excludes halogenated alkanes) is 3. The predicted molar refractivity (Wildman–Crippen MR) is 101 cm³/mol. The van der Waals surface area contributed by atoms with Crippen molar-refractivity contribution < 1.29 is 22.6 Å². The van der Waals surface area contributed by atoms with Crippen LogP contribution in [0.1, 0.15) is 59.3 Å². The van der Waals surface area contributed by atoms with Gasteiger partial charge in [0.2, 0.25) is 5.75 Å². The van der Waals surface area contributed by atoms with E-state index < -0.39 is 9.05 Å². The Morgan fingerprint density at radius 2 is 1.28 bits per heavy atom. The van der Waals surface area contributed by atoms with E-state index in [-0.39, 0.29) is 10.6 Å².